The van der Waals surface area contributed by atoms with Gasteiger partial charge in [0.05, 0.1) is 25.1 Å². The van der Waals surface area contributed by atoms with E-state index in [0.29, 0.717) is 6.07 Å². The van der Waals surface area contributed by atoms with E-state index in [2.05, 4.69) is 4.74 Å². The van der Waals surface area contributed by atoms with Crippen LogP contribution in [0.25, 0.3) is 0 Å². The van der Waals surface area contributed by atoms with Crippen LogP contribution < -0.4 is 5.73 Å². The van der Waals surface area contributed by atoms with Crippen molar-refractivity contribution < 1.29 is 27.5 Å². The van der Waals surface area contributed by atoms with Gasteiger partial charge in [-0.15, -0.1) is 0 Å². The molecule has 0 amide bonds. The number of Topliss-reactive ketones (excluding diaryl/α,β-unsaturated/α-hetero) is 1. The maximum Gasteiger partial charge on any atom is 0.307 e. The van der Waals surface area contributed by atoms with Gasteiger partial charge >= 0.3 is 5.97 Å². The lowest BCUT2D eigenvalue weighted by molar-refractivity contribution is -0.140. The van der Waals surface area contributed by atoms with E-state index < -0.39 is 47.2 Å². The summed E-state index contributed by atoms with van der Waals surface area (Å²) in [6.07, 6.45) is -0.478. The highest BCUT2D eigenvalue weighted by Crippen LogP contribution is 2.15. The van der Waals surface area contributed by atoms with Crippen LogP contribution in [0.1, 0.15) is 16.8 Å². The second-order valence-corrected chi connectivity index (χ2v) is 3.50. The molecule has 0 heterocycles. The molecule has 1 rings (SSSR count). The quantitative estimate of drug-likeness (QED) is 0.502. The molecule has 0 radical (unpaired) electrons. The van der Waals surface area contributed by atoms with Crippen molar-refractivity contribution in [3.05, 3.63) is 35.1 Å². The molecule has 2 N–H and O–H groups in total. The normalized spacial score (nSPS) is 12.1. The van der Waals surface area contributed by atoms with Gasteiger partial charge < -0.3 is 10.5 Å². The lowest BCUT2D eigenvalue weighted by atomic mass is 10.0. The molecular formula is C11H10F3NO3. The van der Waals surface area contributed by atoms with Crippen LogP contribution in [0, 0.1) is 17.5 Å². The molecule has 98 valence electrons. The standard InChI is InChI=1S/C11H10F3NO3/c1-18-10(16)4-9(15)11(17)5-2-7(13)8(14)3-6(5)12/h2-3,9H,4,15H2,1H3/t9-/m0/s1. The SMILES string of the molecule is COC(=O)C[C@H](N)C(=O)c1cc(F)c(F)cc1F. The summed E-state index contributed by atoms with van der Waals surface area (Å²) >= 11 is 0. The highest BCUT2D eigenvalue weighted by Gasteiger charge is 2.23. The van der Waals surface area contributed by atoms with Gasteiger partial charge in [-0.25, -0.2) is 13.2 Å². The van der Waals surface area contributed by atoms with Gasteiger partial charge in [0.15, 0.2) is 17.4 Å². The topological polar surface area (TPSA) is 69.4 Å². The number of ketones is 1. The summed E-state index contributed by atoms with van der Waals surface area (Å²) in [5, 5.41) is 0. The molecular weight excluding hydrogens is 251 g/mol. The van der Waals surface area contributed by atoms with E-state index in [4.69, 9.17) is 5.73 Å². The molecule has 0 aliphatic rings. The number of hydrogen-bond acceptors (Lipinski definition) is 4. The summed E-state index contributed by atoms with van der Waals surface area (Å²) in [5.74, 6) is -5.79. The summed E-state index contributed by atoms with van der Waals surface area (Å²) in [4.78, 5) is 22.5. The lowest BCUT2D eigenvalue weighted by Crippen LogP contribution is -2.34. The van der Waals surface area contributed by atoms with Gasteiger partial charge in [0, 0.05) is 6.07 Å². The zero-order chi connectivity index (χ0) is 13.9. The smallest absolute Gasteiger partial charge is 0.307 e. The van der Waals surface area contributed by atoms with Crippen molar-refractivity contribution in [2.75, 3.05) is 7.11 Å². The second kappa shape index (κ2) is 5.63. The minimum absolute atomic E-state index is 0.243. The van der Waals surface area contributed by atoms with Crippen molar-refractivity contribution in [3.63, 3.8) is 0 Å². The molecule has 4 nitrogen and oxygen atoms in total. The summed E-state index contributed by atoms with van der Waals surface area (Å²) in [6, 6.07) is -0.728. The number of esters is 1. The molecule has 0 unspecified atom stereocenters. The number of carbonyl (C=O) groups excluding carboxylic acids is 2. The lowest BCUT2D eigenvalue weighted by Gasteiger charge is -2.10. The third-order valence-corrected chi connectivity index (χ3v) is 2.23. The van der Waals surface area contributed by atoms with E-state index in [-0.39, 0.29) is 6.07 Å². The number of nitrogens with two attached hydrogens (primary N) is 1. The molecule has 0 aliphatic heterocycles. The fraction of sp³-hybridized carbons (Fsp3) is 0.273. The first-order chi connectivity index (χ1) is 8.36. The Labute approximate surface area is 101 Å². The number of halogens is 3. The number of benzene rings is 1. The molecule has 1 aromatic carbocycles. The Morgan fingerprint density at radius 2 is 1.78 bits per heavy atom. The molecule has 0 saturated heterocycles. The molecule has 0 bridgehead atoms. The maximum absolute atomic E-state index is 13.3. The molecule has 0 spiro atoms. The van der Waals surface area contributed by atoms with Crippen molar-refractivity contribution in [1.29, 1.82) is 0 Å². The molecule has 0 fully saturated rings. The third-order valence-electron chi connectivity index (χ3n) is 2.23. The van der Waals surface area contributed by atoms with E-state index in [1.54, 1.807) is 0 Å². The predicted molar refractivity (Wildman–Crippen MR) is 55.3 cm³/mol. The Morgan fingerprint density at radius 1 is 1.22 bits per heavy atom. The molecule has 7 heteroatoms. The summed E-state index contributed by atoms with van der Waals surface area (Å²) in [5.41, 5.74) is 4.65. The Morgan fingerprint density at radius 3 is 2.33 bits per heavy atom. The first-order valence-electron chi connectivity index (χ1n) is 4.88. The second-order valence-electron chi connectivity index (χ2n) is 3.50. The first kappa shape index (κ1) is 14.2. The summed E-state index contributed by atoms with van der Waals surface area (Å²) < 4.78 is 43.1. The van der Waals surface area contributed by atoms with Gasteiger partial charge in [-0.05, 0) is 6.07 Å². The molecule has 0 saturated carbocycles. The van der Waals surface area contributed by atoms with Crippen LogP contribution in [-0.2, 0) is 9.53 Å². The van der Waals surface area contributed by atoms with Gasteiger partial charge in [-0.2, -0.15) is 0 Å². The van der Waals surface area contributed by atoms with Crippen molar-refractivity contribution >= 4 is 11.8 Å². The van der Waals surface area contributed by atoms with Crippen LogP contribution in [0.15, 0.2) is 12.1 Å². The highest BCUT2D eigenvalue weighted by molar-refractivity contribution is 6.01. The fourth-order valence-corrected chi connectivity index (χ4v) is 1.27. The Hall–Kier alpha value is -1.89. The number of hydrogen-bond donors (Lipinski definition) is 1. The summed E-state index contributed by atoms with van der Waals surface area (Å²) in [6.45, 7) is 0. The van der Waals surface area contributed by atoms with Crippen molar-refractivity contribution in [2.45, 2.75) is 12.5 Å². The minimum atomic E-state index is -1.41. The van der Waals surface area contributed by atoms with Gasteiger partial charge in [0.2, 0.25) is 0 Å². The van der Waals surface area contributed by atoms with Gasteiger partial charge in [-0.3, -0.25) is 9.59 Å². The van der Waals surface area contributed by atoms with E-state index >= 15 is 0 Å². The number of rotatable bonds is 4. The largest absolute Gasteiger partial charge is 0.469 e. The minimum Gasteiger partial charge on any atom is -0.469 e. The maximum atomic E-state index is 13.3. The number of methoxy groups -OCH3 is 1. The van der Waals surface area contributed by atoms with Crippen LogP contribution >= 0.6 is 0 Å². The van der Waals surface area contributed by atoms with E-state index in [9.17, 15) is 22.8 Å². The highest BCUT2D eigenvalue weighted by atomic mass is 19.2. The van der Waals surface area contributed by atoms with E-state index in [1.165, 1.54) is 0 Å². The van der Waals surface area contributed by atoms with E-state index in [1.807, 2.05) is 0 Å². The van der Waals surface area contributed by atoms with Crippen molar-refractivity contribution in [1.82, 2.24) is 0 Å². The Balaban J connectivity index is 2.97. The third kappa shape index (κ3) is 3.07. The van der Waals surface area contributed by atoms with Crippen LogP contribution in [0.5, 0.6) is 0 Å². The van der Waals surface area contributed by atoms with Gasteiger partial charge in [0.1, 0.15) is 5.82 Å². The Kier molecular flexibility index (Phi) is 4.43. The van der Waals surface area contributed by atoms with Gasteiger partial charge in [0.25, 0.3) is 0 Å². The zero-order valence-corrected chi connectivity index (χ0v) is 9.38. The average Bonchev–Trinajstić information content (AvgIpc) is 2.32. The average molecular weight is 261 g/mol. The van der Waals surface area contributed by atoms with Crippen molar-refractivity contribution in [2.24, 2.45) is 5.73 Å². The van der Waals surface area contributed by atoms with E-state index in [0.717, 1.165) is 7.11 Å². The zero-order valence-electron chi connectivity index (χ0n) is 9.38. The van der Waals surface area contributed by atoms with Crippen LogP contribution in [0.4, 0.5) is 13.2 Å². The molecule has 0 aromatic heterocycles. The van der Waals surface area contributed by atoms with Crippen LogP contribution in [0.3, 0.4) is 0 Å². The number of ether oxygens (including phenoxy) is 1. The molecule has 1 atom stereocenters. The van der Waals surface area contributed by atoms with Crippen LogP contribution in [-0.4, -0.2) is 24.9 Å². The van der Waals surface area contributed by atoms with Crippen LogP contribution in [0.2, 0.25) is 0 Å². The number of carbonyl (C=O) groups is 2. The fourth-order valence-electron chi connectivity index (χ4n) is 1.27. The summed E-state index contributed by atoms with van der Waals surface area (Å²) in [7, 11) is 1.09. The van der Waals surface area contributed by atoms with Gasteiger partial charge in [-0.1, -0.05) is 0 Å². The molecule has 18 heavy (non-hydrogen) atoms. The van der Waals surface area contributed by atoms with Crippen molar-refractivity contribution in [3.8, 4) is 0 Å². The predicted octanol–water partition coefficient (Wildman–Crippen LogP) is 1.18. The molecule has 0 aliphatic carbocycles. The monoisotopic (exact) mass is 261 g/mol. The Bertz CT molecular complexity index is 491. The molecule has 1 aromatic rings. The first-order valence-corrected chi connectivity index (χ1v) is 4.88.